The first kappa shape index (κ1) is 17.2. The van der Waals surface area contributed by atoms with E-state index in [1.165, 1.54) is 23.5 Å². The van der Waals surface area contributed by atoms with Gasteiger partial charge in [0.2, 0.25) is 5.91 Å². The number of nitrogens with one attached hydrogen (secondary N) is 2. The van der Waals surface area contributed by atoms with Gasteiger partial charge in [-0.1, -0.05) is 12.1 Å². The fourth-order valence-corrected chi connectivity index (χ4v) is 5.04. The van der Waals surface area contributed by atoms with Crippen molar-refractivity contribution in [3.8, 4) is 0 Å². The number of hydrogen-bond donors (Lipinski definition) is 2. The maximum atomic E-state index is 12.1. The van der Waals surface area contributed by atoms with Crippen molar-refractivity contribution >= 4 is 35.3 Å². The number of carbonyl (C=O) groups is 2. The fourth-order valence-electron chi connectivity index (χ4n) is 2.14. The van der Waals surface area contributed by atoms with Gasteiger partial charge >= 0.3 is 0 Å². The summed E-state index contributed by atoms with van der Waals surface area (Å²) < 4.78 is 0.472. The van der Waals surface area contributed by atoms with Gasteiger partial charge in [0.05, 0.1) is 4.58 Å². The number of hydrogen-bond acceptors (Lipinski definition) is 4. The molecule has 1 atom stereocenters. The monoisotopic (exact) mass is 338 g/mol. The molecule has 0 saturated carbocycles. The number of thioether (sulfide) groups is 2. The standard InChI is InChI=1S/C16H22N2O2S2/c1-3-17-14(19)11(2)18-15(20)12-5-7-13(8-6-12)16-21-9-4-10-22-16/h5-8,11,16H,3-4,9-10H2,1-2H3,(H,17,19)(H,18,20)/t11-/m0/s1. The highest BCUT2D eigenvalue weighted by molar-refractivity contribution is 8.16. The van der Waals surface area contributed by atoms with E-state index in [9.17, 15) is 9.59 Å². The Balaban J connectivity index is 1.94. The lowest BCUT2D eigenvalue weighted by molar-refractivity contribution is -0.122. The Morgan fingerprint density at radius 2 is 1.86 bits per heavy atom. The summed E-state index contributed by atoms with van der Waals surface area (Å²) in [6.45, 7) is 4.10. The van der Waals surface area contributed by atoms with Gasteiger partial charge in [-0.05, 0) is 49.5 Å². The van der Waals surface area contributed by atoms with E-state index in [1.807, 2.05) is 54.7 Å². The van der Waals surface area contributed by atoms with Crippen LogP contribution >= 0.6 is 23.5 Å². The van der Waals surface area contributed by atoms with Crippen LogP contribution in [-0.2, 0) is 4.79 Å². The molecule has 120 valence electrons. The summed E-state index contributed by atoms with van der Waals surface area (Å²) in [5.74, 6) is 2.02. The van der Waals surface area contributed by atoms with Crippen molar-refractivity contribution in [1.29, 1.82) is 0 Å². The molecule has 2 N–H and O–H groups in total. The second-order valence-corrected chi connectivity index (χ2v) is 7.86. The lowest BCUT2D eigenvalue weighted by Crippen LogP contribution is -2.44. The molecule has 0 radical (unpaired) electrons. The summed E-state index contributed by atoms with van der Waals surface area (Å²) in [5.41, 5.74) is 1.84. The van der Waals surface area contributed by atoms with Gasteiger partial charge in [0.25, 0.3) is 5.91 Å². The molecule has 1 aromatic rings. The van der Waals surface area contributed by atoms with Gasteiger partial charge in [-0.25, -0.2) is 0 Å². The molecule has 22 heavy (non-hydrogen) atoms. The highest BCUT2D eigenvalue weighted by Gasteiger charge is 2.18. The highest BCUT2D eigenvalue weighted by Crippen LogP contribution is 2.43. The van der Waals surface area contributed by atoms with Crippen LogP contribution in [0.1, 0.15) is 40.8 Å². The summed E-state index contributed by atoms with van der Waals surface area (Å²) in [6.07, 6.45) is 1.27. The Labute approximate surface area is 140 Å². The fraction of sp³-hybridized carbons (Fsp3) is 0.500. The van der Waals surface area contributed by atoms with Crippen molar-refractivity contribution in [2.45, 2.75) is 30.9 Å². The zero-order valence-electron chi connectivity index (χ0n) is 12.9. The van der Waals surface area contributed by atoms with Gasteiger partial charge in [0, 0.05) is 12.1 Å². The molecule has 1 aliphatic heterocycles. The second kappa shape index (κ2) is 8.48. The summed E-state index contributed by atoms with van der Waals surface area (Å²) in [6, 6.07) is 7.18. The first-order valence-corrected chi connectivity index (χ1v) is 9.63. The van der Waals surface area contributed by atoms with Gasteiger partial charge in [-0.15, -0.1) is 23.5 Å². The minimum atomic E-state index is -0.531. The minimum absolute atomic E-state index is 0.164. The molecule has 6 heteroatoms. The van der Waals surface area contributed by atoms with Crippen molar-refractivity contribution in [2.24, 2.45) is 0 Å². The maximum absolute atomic E-state index is 12.1. The molecule has 2 rings (SSSR count). The van der Waals surface area contributed by atoms with Crippen molar-refractivity contribution in [2.75, 3.05) is 18.1 Å². The molecular formula is C16H22N2O2S2. The Morgan fingerprint density at radius 1 is 1.23 bits per heavy atom. The van der Waals surface area contributed by atoms with Gasteiger partial charge in [0.15, 0.2) is 0 Å². The Morgan fingerprint density at radius 3 is 2.45 bits per heavy atom. The Hall–Kier alpha value is -1.14. The van der Waals surface area contributed by atoms with Gasteiger partial charge in [-0.2, -0.15) is 0 Å². The number of amides is 2. The second-order valence-electron chi connectivity index (χ2n) is 5.14. The lowest BCUT2D eigenvalue weighted by atomic mass is 10.1. The molecule has 1 aromatic carbocycles. The predicted octanol–water partition coefficient (Wildman–Crippen LogP) is 2.81. The van der Waals surface area contributed by atoms with Crippen LogP contribution in [0, 0.1) is 0 Å². The number of carbonyl (C=O) groups excluding carboxylic acids is 2. The minimum Gasteiger partial charge on any atom is -0.355 e. The lowest BCUT2D eigenvalue weighted by Gasteiger charge is -2.21. The molecule has 1 fully saturated rings. The normalized spacial score (nSPS) is 16.8. The zero-order chi connectivity index (χ0) is 15.9. The van der Waals surface area contributed by atoms with E-state index in [0.717, 1.165) is 0 Å². The molecule has 2 amide bonds. The summed E-state index contributed by atoms with van der Waals surface area (Å²) in [5, 5.41) is 5.41. The number of benzene rings is 1. The smallest absolute Gasteiger partial charge is 0.251 e. The number of likely N-dealkylation sites (N-methyl/N-ethyl adjacent to an activating group) is 1. The first-order valence-electron chi connectivity index (χ1n) is 7.53. The van der Waals surface area contributed by atoms with Crippen LogP contribution in [0.5, 0.6) is 0 Å². The van der Waals surface area contributed by atoms with Crippen molar-refractivity contribution in [3.05, 3.63) is 35.4 Å². The molecule has 1 saturated heterocycles. The molecule has 0 unspecified atom stereocenters. The largest absolute Gasteiger partial charge is 0.355 e. The van der Waals surface area contributed by atoms with E-state index in [0.29, 0.717) is 16.7 Å². The molecule has 0 aromatic heterocycles. The van der Waals surface area contributed by atoms with Crippen LogP contribution in [0.4, 0.5) is 0 Å². The highest BCUT2D eigenvalue weighted by atomic mass is 32.2. The molecule has 4 nitrogen and oxygen atoms in total. The maximum Gasteiger partial charge on any atom is 0.251 e. The van der Waals surface area contributed by atoms with E-state index in [1.54, 1.807) is 6.92 Å². The topological polar surface area (TPSA) is 58.2 Å². The van der Waals surface area contributed by atoms with Gasteiger partial charge in [-0.3, -0.25) is 9.59 Å². The molecule has 1 heterocycles. The van der Waals surface area contributed by atoms with E-state index in [-0.39, 0.29) is 11.8 Å². The van der Waals surface area contributed by atoms with Crippen LogP contribution in [-0.4, -0.2) is 35.9 Å². The Kier molecular flexibility index (Phi) is 6.64. The summed E-state index contributed by atoms with van der Waals surface area (Å²) in [7, 11) is 0. The average molecular weight is 338 g/mol. The van der Waals surface area contributed by atoms with E-state index < -0.39 is 6.04 Å². The quantitative estimate of drug-likeness (QED) is 0.867. The van der Waals surface area contributed by atoms with Crippen LogP contribution < -0.4 is 10.6 Å². The van der Waals surface area contributed by atoms with Crippen molar-refractivity contribution in [1.82, 2.24) is 10.6 Å². The number of rotatable bonds is 5. The summed E-state index contributed by atoms with van der Waals surface area (Å²) >= 11 is 3.92. The van der Waals surface area contributed by atoms with E-state index >= 15 is 0 Å². The van der Waals surface area contributed by atoms with Gasteiger partial charge in [0.1, 0.15) is 6.04 Å². The Bertz CT molecular complexity index is 513. The third-order valence-electron chi connectivity index (χ3n) is 3.36. The molecule has 0 spiro atoms. The third-order valence-corrected chi connectivity index (χ3v) is 6.38. The summed E-state index contributed by atoms with van der Waals surface area (Å²) in [4.78, 5) is 23.8. The van der Waals surface area contributed by atoms with Crippen LogP contribution in [0.3, 0.4) is 0 Å². The van der Waals surface area contributed by atoms with E-state index in [2.05, 4.69) is 10.6 Å². The molecule has 0 bridgehead atoms. The third kappa shape index (κ3) is 4.68. The van der Waals surface area contributed by atoms with Crippen molar-refractivity contribution < 1.29 is 9.59 Å². The zero-order valence-corrected chi connectivity index (χ0v) is 14.6. The van der Waals surface area contributed by atoms with Crippen LogP contribution in [0.2, 0.25) is 0 Å². The first-order chi connectivity index (χ1) is 10.6. The molecule has 1 aliphatic rings. The molecule has 0 aliphatic carbocycles. The predicted molar refractivity (Wildman–Crippen MR) is 94.3 cm³/mol. The van der Waals surface area contributed by atoms with Gasteiger partial charge < -0.3 is 10.6 Å². The average Bonchev–Trinajstić information content (AvgIpc) is 2.56. The van der Waals surface area contributed by atoms with E-state index in [4.69, 9.17) is 0 Å². The van der Waals surface area contributed by atoms with Crippen LogP contribution in [0.25, 0.3) is 0 Å². The van der Waals surface area contributed by atoms with Crippen molar-refractivity contribution in [3.63, 3.8) is 0 Å². The molecular weight excluding hydrogens is 316 g/mol. The SMILES string of the molecule is CCNC(=O)[C@H](C)NC(=O)c1ccc(C2SCCCS2)cc1. The van der Waals surface area contributed by atoms with Crippen LogP contribution in [0.15, 0.2) is 24.3 Å².